The summed E-state index contributed by atoms with van der Waals surface area (Å²) in [6.45, 7) is -0.223. The van der Waals surface area contributed by atoms with Gasteiger partial charge in [-0.05, 0) is 24.1 Å². The number of hydrogen-bond acceptors (Lipinski definition) is 1. The first kappa shape index (κ1) is 13.8. The molecule has 0 saturated carbocycles. The summed E-state index contributed by atoms with van der Waals surface area (Å²) in [5.74, 6) is -2.65. The molecule has 0 spiro atoms. The van der Waals surface area contributed by atoms with Gasteiger partial charge in [0.15, 0.2) is 0 Å². The van der Waals surface area contributed by atoms with Crippen LogP contribution < -0.4 is 5.32 Å². The first-order valence-electron chi connectivity index (χ1n) is 4.59. The summed E-state index contributed by atoms with van der Waals surface area (Å²) in [5.41, 5.74) is 0.453. The molecule has 0 radical (unpaired) electrons. The van der Waals surface area contributed by atoms with Gasteiger partial charge < -0.3 is 5.32 Å². The van der Waals surface area contributed by atoms with Crippen LogP contribution in [0.4, 0.5) is 17.6 Å². The molecule has 1 amide bonds. The van der Waals surface area contributed by atoms with Crippen LogP contribution in [0.25, 0.3) is 0 Å². The summed E-state index contributed by atoms with van der Waals surface area (Å²) in [7, 11) is 0. The number of amides is 1. The molecule has 0 heterocycles. The van der Waals surface area contributed by atoms with E-state index in [0.29, 0.717) is 5.56 Å². The van der Waals surface area contributed by atoms with Gasteiger partial charge in [-0.3, -0.25) is 4.79 Å². The van der Waals surface area contributed by atoms with E-state index in [9.17, 15) is 22.4 Å². The molecule has 2 nitrogen and oxygen atoms in total. The van der Waals surface area contributed by atoms with E-state index in [0.717, 1.165) is 6.07 Å². The van der Waals surface area contributed by atoms with Crippen molar-refractivity contribution >= 4 is 17.5 Å². The zero-order valence-electron chi connectivity index (χ0n) is 8.44. The van der Waals surface area contributed by atoms with E-state index in [4.69, 9.17) is 11.6 Å². The number of rotatable bonds is 3. The van der Waals surface area contributed by atoms with E-state index in [-0.39, 0.29) is 18.0 Å². The maximum atomic E-state index is 13.0. The molecule has 7 heteroatoms. The normalized spacial score (nSPS) is 11.4. The van der Waals surface area contributed by atoms with Crippen molar-refractivity contribution in [2.75, 3.05) is 6.54 Å². The highest BCUT2D eigenvalue weighted by Crippen LogP contribution is 2.16. The van der Waals surface area contributed by atoms with Crippen LogP contribution in [-0.4, -0.2) is 18.6 Å². The quantitative estimate of drug-likeness (QED) is 0.840. The Kier molecular flexibility index (Phi) is 4.34. The van der Waals surface area contributed by atoms with Gasteiger partial charge in [-0.1, -0.05) is 17.7 Å². The Morgan fingerprint density at radius 2 is 2.00 bits per heavy atom. The average molecular weight is 270 g/mol. The molecule has 0 saturated heterocycles. The van der Waals surface area contributed by atoms with Crippen molar-refractivity contribution in [1.29, 1.82) is 0 Å². The van der Waals surface area contributed by atoms with Gasteiger partial charge in [-0.2, -0.15) is 13.2 Å². The van der Waals surface area contributed by atoms with Crippen molar-refractivity contribution < 1.29 is 22.4 Å². The van der Waals surface area contributed by atoms with Crippen molar-refractivity contribution in [3.05, 3.63) is 34.6 Å². The molecule has 1 aromatic carbocycles. The summed E-state index contributed by atoms with van der Waals surface area (Å²) < 4.78 is 48.4. The first-order chi connectivity index (χ1) is 7.80. The summed E-state index contributed by atoms with van der Waals surface area (Å²) in [4.78, 5) is 10.4. The first-order valence-corrected chi connectivity index (χ1v) is 4.97. The fourth-order valence-electron chi connectivity index (χ4n) is 1.12. The van der Waals surface area contributed by atoms with Gasteiger partial charge in [-0.25, -0.2) is 4.39 Å². The van der Waals surface area contributed by atoms with Crippen LogP contribution in [-0.2, 0) is 11.2 Å². The van der Waals surface area contributed by atoms with E-state index in [1.807, 2.05) is 0 Å². The van der Waals surface area contributed by atoms with Gasteiger partial charge in [-0.15, -0.1) is 0 Å². The van der Waals surface area contributed by atoms with Crippen LogP contribution in [0.2, 0.25) is 5.02 Å². The molecule has 1 N–H and O–H groups in total. The third-order valence-electron chi connectivity index (χ3n) is 1.94. The fraction of sp³-hybridized carbons (Fsp3) is 0.300. The molecule has 1 aromatic rings. The number of nitrogens with one attached hydrogen (secondary N) is 1. The predicted octanol–water partition coefficient (Wildman–Crippen LogP) is 2.70. The Morgan fingerprint density at radius 1 is 1.35 bits per heavy atom. The highest BCUT2D eigenvalue weighted by Gasteiger charge is 2.38. The van der Waals surface area contributed by atoms with Crippen LogP contribution in [0.3, 0.4) is 0 Å². The molecule has 94 valence electrons. The van der Waals surface area contributed by atoms with E-state index in [1.165, 1.54) is 12.1 Å². The van der Waals surface area contributed by atoms with Gasteiger partial charge in [0.05, 0.1) is 5.02 Å². The number of carbonyl (C=O) groups excluding carboxylic acids is 1. The van der Waals surface area contributed by atoms with E-state index in [1.54, 1.807) is 5.32 Å². The van der Waals surface area contributed by atoms with Crippen LogP contribution in [0.1, 0.15) is 5.56 Å². The number of halogens is 5. The van der Waals surface area contributed by atoms with Crippen molar-refractivity contribution in [3.63, 3.8) is 0 Å². The molecule has 0 fully saturated rings. The van der Waals surface area contributed by atoms with Gasteiger partial charge in [0.1, 0.15) is 5.82 Å². The molecule has 0 atom stereocenters. The maximum absolute atomic E-state index is 13.0. The number of benzene rings is 1. The standard InChI is InChI=1S/C10H8ClF4NO/c11-7-2-1-6(5-8(7)12)3-4-16-9(17)10(13,14)15/h1-2,5H,3-4H2,(H,16,17). The lowest BCUT2D eigenvalue weighted by Crippen LogP contribution is -2.37. The lowest BCUT2D eigenvalue weighted by Gasteiger charge is -2.07. The lowest BCUT2D eigenvalue weighted by atomic mass is 10.1. The minimum Gasteiger partial charge on any atom is -0.348 e. The van der Waals surface area contributed by atoms with E-state index >= 15 is 0 Å². The minimum absolute atomic E-state index is 0.0620. The Labute approximate surface area is 99.6 Å². The zero-order chi connectivity index (χ0) is 13.1. The summed E-state index contributed by atoms with van der Waals surface area (Å²) >= 11 is 5.43. The SMILES string of the molecule is O=C(NCCc1ccc(Cl)c(F)c1)C(F)(F)F. The van der Waals surface area contributed by atoms with Crippen molar-refractivity contribution in [1.82, 2.24) is 5.32 Å². The van der Waals surface area contributed by atoms with Crippen molar-refractivity contribution in [2.45, 2.75) is 12.6 Å². The molecule has 0 aliphatic rings. The Bertz CT molecular complexity index is 419. The molecule has 1 rings (SSSR count). The average Bonchev–Trinajstić information content (AvgIpc) is 2.22. The predicted molar refractivity (Wildman–Crippen MR) is 54.2 cm³/mol. The maximum Gasteiger partial charge on any atom is 0.471 e. The second-order valence-corrected chi connectivity index (χ2v) is 3.66. The third-order valence-corrected chi connectivity index (χ3v) is 2.25. The molecule has 0 bridgehead atoms. The minimum atomic E-state index is -4.90. The lowest BCUT2D eigenvalue weighted by molar-refractivity contribution is -0.173. The van der Waals surface area contributed by atoms with Crippen molar-refractivity contribution in [2.24, 2.45) is 0 Å². The van der Waals surface area contributed by atoms with E-state index in [2.05, 4.69) is 0 Å². The summed E-state index contributed by atoms with van der Waals surface area (Å²) in [6, 6.07) is 3.89. The number of carbonyl (C=O) groups is 1. The third kappa shape index (κ3) is 4.22. The largest absolute Gasteiger partial charge is 0.471 e. The molecule has 17 heavy (non-hydrogen) atoms. The van der Waals surface area contributed by atoms with Crippen LogP contribution in [0, 0.1) is 5.82 Å². The Hall–Kier alpha value is -1.30. The van der Waals surface area contributed by atoms with Crippen LogP contribution in [0.5, 0.6) is 0 Å². The molecule has 0 aromatic heterocycles. The second kappa shape index (κ2) is 5.35. The number of hydrogen-bond donors (Lipinski definition) is 1. The molecular formula is C10H8ClF4NO. The summed E-state index contributed by atoms with van der Waals surface area (Å²) in [5, 5.41) is 1.62. The molecule has 0 unspecified atom stereocenters. The van der Waals surface area contributed by atoms with Gasteiger partial charge in [0, 0.05) is 6.54 Å². The van der Waals surface area contributed by atoms with E-state index < -0.39 is 17.9 Å². The Balaban J connectivity index is 2.46. The highest BCUT2D eigenvalue weighted by atomic mass is 35.5. The summed E-state index contributed by atoms with van der Waals surface area (Å²) in [6.07, 6.45) is -4.80. The molecular weight excluding hydrogens is 262 g/mol. The Morgan fingerprint density at radius 3 is 2.53 bits per heavy atom. The van der Waals surface area contributed by atoms with Gasteiger partial charge in [0.2, 0.25) is 0 Å². The van der Waals surface area contributed by atoms with Crippen molar-refractivity contribution in [3.8, 4) is 0 Å². The van der Waals surface area contributed by atoms with Gasteiger partial charge in [0.25, 0.3) is 0 Å². The zero-order valence-corrected chi connectivity index (χ0v) is 9.20. The number of alkyl halides is 3. The molecule has 0 aliphatic heterocycles. The highest BCUT2D eigenvalue weighted by molar-refractivity contribution is 6.30. The topological polar surface area (TPSA) is 29.1 Å². The van der Waals surface area contributed by atoms with Crippen LogP contribution in [0.15, 0.2) is 18.2 Å². The monoisotopic (exact) mass is 269 g/mol. The second-order valence-electron chi connectivity index (χ2n) is 3.25. The fourth-order valence-corrected chi connectivity index (χ4v) is 1.23. The smallest absolute Gasteiger partial charge is 0.348 e. The molecule has 0 aliphatic carbocycles. The van der Waals surface area contributed by atoms with Crippen LogP contribution >= 0.6 is 11.6 Å². The van der Waals surface area contributed by atoms with Gasteiger partial charge >= 0.3 is 12.1 Å².